The zero-order valence-electron chi connectivity index (χ0n) is 11.6. The quantitative estimate of drug-likeness (QED) is 0.685. The summed E-state index contributed by atoms with van der Waals surface area (Å²) in [6.07, 6.45) is 0.764. The fourth-order valence-electron chi connectivity index (χ4n) is 2.49. The van der Waals surface area contributed by atoms with Gasteiger partial charge < -0.3 is 0 Å². The monoisotopic (exact) mass is 326 g/mol. The van der Waals surface area contributed by atoms with Crippen molar-refractivity contribution in [2.24, 2.45) is 7.05 Å². The molecule has 0 N–H and O–H groups in total. The van der Waals surface area contributed by atoms with Gasteiger partial charge in [-0.2, -0.15) is 5.10 Å². The van der Waals surface area contributed by atoms with Crippen molar-refractivity contribution in [2.45, 2.75) is 19.2 Å². The molecule has 2 aromatic heterocycles. The molecule has 0 amide bonds. The van der Waals surface area contributed by atoms with E-state index in [4.69, 9.17) is 23.2 Å². The fraction of sp³-hybridized carbons (Fsp3) is 0.286. The SMILES string of the molecule is CCc1nn(C)c2c1nc(CCl)n2-c1cc(F)cc(Cl)c1. The van der Waals surface area contributed by atoms with E-state index in [0.717, 1.165) is 23.3 Å². The third-order valence-electron chi connectivity index (χ3n) is 3.33. The minimum atomic E-state index is -0.405. The van der Waals surface area contributed by atoms with Gasteiger partial charge in [-0.15, -0.1) is 11.6 Å². The Morgan fingerprint density at radius 2 is 2.05 bits per heavy atom. The maximum atomic E-state index is 13.7. The van der Waals surface area contributed by atoms with E-state index in [1.54, 1.807) is 15.3 Å². The van der Waals surface area contributed by atoms with Crippen molar-refractivity contribution in [3.05, 3.63) is 40.6 Å². The number of hydrogen-bond acceptors (Lipinski definition) is 2. The van der Waals surface area contributed by atoms with Crippen LogP contribution in [0, 0.1) is 5.82 Å². The van der Waals surface area contributed by atoms with Crippen LogP contribution in [0.4, 0.5) is 4.39 Å². The van der Waals surface area contributed by atoms with Crippen LogP contribution in [-0.4, -0.2) is 19.3 Å². The topological polar surface area (TPSA) is 35.6 Å². The summed E-state index contributed by atoms with van der Waals surface area (Å²) in [5.74, 6) is 0.445. The first-order valence-electron chi connectivity index (χ1n) is 6.50. The zero-order chi connectivity index (χ0) is 15.1. The van der Waals surface area contributed by atoms with Gasteiger partial charge in [0.05, 0.1) is 17.3 Å². The molecule has 0 unspecified atom stereocenters. The molecule has 0 aliphatic carbocycles. The number of hydrogen-bond donors (Lipinski definition) is 0. The summed E-state index contributed by atoms with van der Waals surface area (Å²) in [4.78, 5) is 4.54. The van der Waals surface area contributed by atoms with Gasteiger partial charge in [0.25, 0.3) is 0 Å². The van der Waals surface area contributed by atoms with Gasteiger partial charge in [0, 0.05) is 12.1 Å². The maximum Gasteiger partial charge on any atom is 0.163 e. The smallest absolute Gasteiger partial charge is 0.163 e. The van der Waals surface area contributed by atoms with Gasteiger partial charge in [0.1, 0.15) is 17.2 Å². The Morgan fingerprint density at radius 1 is 1.29 bits per heavy atom. The average molecular weight is 327 g/mol. The van der Waals surface area contributed by atoms with Crippen molar-refractivity contribution in [2.75, 3.05) is 0 Å². The second-order valence-electron chi connectivity index (χ2n) is 4.72. The number of rotatable bonds is 3. The predicted molar refractivity (Wildman–Crippen MR) is 81.7 cm³/mol. The zero-order valence-corrected chi connectivity index (χ0v) is 13.1. The third kappa shape index (κ3) is 2.30. The average Bonchev–Trinajstić information content (AvgIpc) is 2.95. The lowest BCUT2D eigenvalue weighted by molar-refractivity contribution is 0.626. The molecule has 21 heavy (non-hydrogen) atoms. The highest BCUT2D eigenvalue weighted by atomic mass is 35.5. The summed E-state index contributed by atoms with van der Waals surface area (Å²) >= 11 is 12.0. The second kappa shape index (κ2) is 5.31. The number of aromatic nitrogens is 4. The Labute approximate surface area is 131 Å². The highest BCUT2D eigenvalue weighted by Crippen LogP contribution is 2.27. The molecular formula is C14H13Cl2FN4. The van der Waals surface area contributed by atoms with Crippen molar-refractivity contribution in [1.29, 1.82) is 0 Å². The Bertz CT molecular complexity index is 802. The van der Waals surface area contributed by atoms with Crippen molar-refractivity contribution in [3.8, 4) is 5.69 Å². The number of imidazole rings is 1. The van der Waals surface area contributed by atoms with E-state index in [9.17, 15) is 4.39 Å². The van der Waals surface area contributed by atoms with Gasteiger partial charge >= 0.3 is 0 Å². The standard InChI is InChI=1S/C14H13Cl2FN4/c1-3-11-13-14(20(2)19-11)21(12(7-15)18-13)10-5-8(16)4-9(17)6-10/h4-6H,3,7H2,1-2H3. The minimum Gasteiger partial charge on any atom is -0.280 e. The molecule has 0 saturated carbocycles. The number of nitrogens with zero attached hydrogens (tertiary/aromatic N) is 4. The van der Waals surface area contributed by atoms with Gasteiger partial charge in [-0.3, -0.25) is 4.57 Å². The maximum absolute atomic E-state index is 13.7. The van der Waals surface area contributed by atoms with Crippen LogP contribution < -0.4 is 0 Å². The Balaban J connectivity index is 2.37. The number of benzene rings is 1. The van der Waals surface area contributed by atoms with Gasteiger partial charge in [-0.25, -0.2) is 14.1 Å². The molecule has 1 aromatic carbocycles. The lowest BCUT2D eigenvalue weighted by atomic mass is 10.3. The summed E-state index contributed by atoms with van der Waals surface area (Å²) in [5, 5.41) is 4.76. The van der Waals surface area contributed by atoms with E-state index in [1.165, 1.54) is 12.1 Å². The largest absolute Gasteiger partial charge is 0.280 e. The third-order valence-corrected chi connectivity index (χ3v) is 3.79. The Hall–Kier alpha value is -1.59. The first kappa shape index (κ1) is 14.4. The fourth-order valence-corrected chi connectivity index (χ4v) is 2.89. The van der Waals surface area contributed by atoms with E-state index >= 15 is 0 Å². The van der Waals surface area contributed by atoms with Gasteiger partial charge in [-0.1, -0.05) is 18.5 Å². The molecule has 3 aromatic rings. The molecule has 2 heterocycles. The second-order valence-corrected chi connectivity index (χ2v) is 5.42. The van der Waals surface area contributed by atoms with Crippen LogP contribution >= 0.6 is 23.2 Å². The van der Waals surface area contributed by atoms with Crippen molar-refractivity contribution in [3.63, 3.8) is 0 Å². The molecule has 7 heteroatoms. The van der Waals surface area contributed by atoms with E-state index in [2.05, 4.69) is 10.1 Å². The molecule has 0 spiro atoms. The summed E-state index contributed by atoms with van der Waals surface area (Å²) in [5.41, 5.74) is 3.05. The highest BCUT2D eigenvalue weighted by molar-refractivity contribution is 6.30. The van der Waals surface area contributed by atoms with E-state index in [1.807, 2.05) is 14.0 Å². The van der Waals surface area contributed by atoms with Crippen LogP contribution in [0.2, 0.25) is 5.02 Å². The predicted octanol–water partition coefficient (Wildman–Crippen LogP) is 3.85. The number of alkyl halides is 1. The molecule has 0 radical (unpaired) electrons. The molecule has 0 bridgehead atoms. The molecular weight excluding hydrogens is 314 g/mol. The van der Waals surface area contributed by atoms with Crippen LogP contribution in [0.15, 0.2) is 18.2 Å². The van der Waals surface area contributed by atoms with E-state index < -0.39 is 5.82 Å². The molecule has 110 valence electrons. The van der Waals surface area contributed by atoms with Crippen molar-refractivity contribution < 1.29 is 4.39 Å². The van der Waals surface area contributed by atoms with Crippen molar-refractivity contribution in [1.82, 2.24) is 19.3 Å². The molecule has 0 aliphatic rings. The molecule has 0 aliphatic heterocycles. The van der Waals surface area contributed by atoms with Gasteiger partial charge in [0.2, 0.25) is 0 Å². The van der Waals surface area contributed by atoms with Crippen LogP contribution in [0.3, 0.4) is 0 Å². The normalized spacial score (nSPS) is 11.5. The van der Waals surface area contributed by atoms with Crippen molar-refractivity contribution >= 4 is 34.4 Å². The Morgan fingerprint density at radius 3 is 2.67 bits per heavy atom. The van der Waals surface area contributed by atoms with Crippen LogP contribution in [-0.2, 0) is 19.3 Å². The van der Waals surface area contributed by atoms with Crippen LogP contribution in [0.25, 0.3) is 16.9 Å². The first-order chi connectivity index (χ1) is 10.0. The lowest BCUT2D eigenvalue weighted by Gasteiger charge is -2.09. The summed E-state index contributed by atoms with van der Waals surface area (Å²) in [7, 11) is 1.83. The summed E-state index contributed by atoms with van der Waals surface area (Å²) in [6, 6.07) is 4.35. The summed E-state index contributed by atoms with van der Waals surface area (Å²) < 4.78 is 17.2. The minimum absolute atomic E-state index is 0.214. The molecule has 0 fully saturated rings. The van der Waals surface area contributed by atoms with Crippen LogP contribution in [0.1, 0.15) is 18.4 Å². The number of halogens is 3. The number of aryl methyl sites for hydroxylation is 2. The highest BCUT2D eigenvalue weighted by Gasteiger charge is 2.19. The molecule has 0 atom stereocenters. The first-order valence-corrected chi connectivity index (χ1v) is 7.42. The van der Waals surface area contributed by atoms with Crippen LogP contribution in [0.5, 0.6) is 0 Å². The van der Waals surface area contributed by atoms with E-state index in [0.29, 0.717) is 16.5 Å². The number of fused-ring (bicyclic) bond motifs is 1. The molecule has 4 nitrogen and oxygen atoms in total. The lowest BCUT2D eigenvalue weighted by Crippen LogP contribution is -2.04. The Kier molecular flexibility index (Phi) is 3.63. The molecule has 0 saturated heterocycles. The van der Waals surface area contributed by atoms with Gasteiger partial charge in [0.15, 0.2) is 5.65 Å². The summed E-state index contributed by atoms with van der Waals surface area (Å²) in [6.45, 7) is 2.01. The van der Waals surface area contributed by atoms with Gasteiger partial charge in [-0.05, 0) is 24.6 Å². The van der Waals surface area contributed by atoms with E-state index in [-0.39, 0.29) is 5.88 Å². The molecule has 3 rings (SSSR count).